The highest BCUT2D eigenvalue weighted by Gasteiger charge is 2.17. The van der Waals surface area contributed by atoms with Crippen LogP contribution in [0.15, 0.2) is 18.2 Å². The van der Waals surface area contributed by atoms with E-state index in [9.17, 15) is 19.7 Å². The number of amides is 1. The van der Waals surface area contributed by atoms with Crippen molar-refractivity contribution in [3.05, 3.63) is 33.9 Å². The summed E-state index contributed by atoms with van der Waals surface area (Å²) in [4.78, 5) is 32.4. The lowest BCUT2D eigenvalue weighted by Gasteiger charge is -2.05. The average molecular weight is 252 g/mol. The van der Waals surface area contributed by atoms with Crippen molar-refractivity contribution in [2.45, 2.75) is 6.92 Å². The van der Waals surface area contributed by atoms with E-state index in [0.717, 1.165) is 0 Å². The van der Waals surface area contributed by atoms with Crippen LogP contribution in [0, 0.1) is 10.1 Å². The van der Waals surface area contributed by atoms with Crippen molar-refractivity contribution in [2.24, 2.45) is 0 Å². The summed E-state index contributed by atoms with van der Waals surface area (Å²) in [5, 5.41) is 13.0. The number of nitrogens with one attached hydrogen (secondary N) is 1. The van der Waals surface area contributed by atoms with Crippen molar-refractivity contribution in [2.75, 3.05) is 13.7 Å². The van der Waals surface area contributed by atoms with Crippen LogP contribution in [-0.2, 0) is 4.79 Å². The molecule has 1 aromatic rings. The number of methoxy groups -OCH3 is 1. The Labute approximate surface area is 103 Å². The van der Waals surface area contributed by atoms with E-state index in [4.69, 9.17) is 4.74 Å². The SMILES string of the molecule is COc1cc(C(=O)NCC(C)=O)ccc1[N+](=O)[O-]. The predicted octanol–water partition coefficient (Wildman–Crippen LogP) is 0.922. The minimum absolute atomic E-state index is 0.00419. The van der Waals surface area contributed by atoms with E-state index in [1.54, 1.807) is 0 Å². The van der Waals surface area contributed by atoms with E-state index in [1.165, 1.54) is 32.2 Å². The van der Waals surface area contributed by atoms with Crippen molar-refractivity contribution in [1.29, 1.82) is 0 Å². The van der Waals surface area contributed by atoms with Crippen LogP contribution in [0.3, 0.4) is 0 Å². The van der Waals surface area contributed by atoms with E-state index in [0.29, 0.717) is 0 Å². The lowest BCUT2D eigenvalue weighted by atomic mass is 10.1. The Balaban J connectivity index is 2.94. The minimum Gasteiger partial charge on any atom is -0.490 e. The molecule has 0 saturated carbocycles. The van der Waals surface area contributed by atoms with Crippen LogP contribution in [0.1, 0.15) is 17.3 Å². The molecule has 7 heteroatoms. The number of hydrogen-bond donors (Lipinski definition) is 1. The summed E-state index contributed by atoms with van der Waals surface area (Å²) in [7, 11) is 1.28. The first-order chi connectivity index (χ1) is 8.45. The number of nitrogens with zero attached hydrogens (tertiary/aromatic N) is 1. The van der Waals surface area contributed by atoms with E-state index in [-0.39, 0.29) is 29.3 Å². The zero-order valence-corrected chi connectivity index (χ0v) is 9.93. The van der Waals surface area contributed by atoms with Gasteiger partial charge >= 0.3 is 5.69 Å². The van der Waals surface area contributed by atoms with E-state index in [1.807, 2.05) is 0 Å². The van der Waals surface area contributed by atoms with Gasteiger partial charge in [0.25, 0.3) is 5.91 Å². The fraction of sp³-hybridized carbons (Fsp3) is 0.273. The van der Waals surface area contributed by atoms with E-state index >= 15 is 0 Å². The first-order valence-electron chi connectivity index (χ1n) is 5.05. The van der Waals surface area contributed by atoms with Crippen LogP contribution in [0.2, 0.25) is 0 Å². The van der Waals surface area contributed by atoms with Gasteiger partial charge in [-0.1, -0.05) is 0 Å². The molecule has 0 aliphatic heterocycles. The normalized spacial score (nSPS) is 9.67. The third-order valence-electron chi connectivity index (χ3n) is 2.14. The summed E-state index contributed by atoms with van der Waals surface area (Å²) in [6.45, 7) is 1.26. The van der Waals surface area contributed by atoms with Crippen LogP contribution >= 0.6 is 0 Å². The van der Waals surface area contributed by atoms with Crippen molar-refractivity contribution in [3.8, 4) is 5.75 Å². The summed E-state index contributed by atoms with van der Waals surface area (Å²) < 4.78 is 4.83. The molecular weight excluding hydrogens is 240 g/mol. The molecule has 0 aliphatic rings. The Kier molecular flexibility index (Phi) is 4.36. The molecule has 1 amide bonds. The Morgan fingerprint density at radius 2 is 2.11 bits per heavy atom. The number of ether oxygens (including phenoxy) is 1. The molecule has 7 nitrogen and oxygen atoms in total. The molecule has 1 N–H and O–H groups in total. The summed E-state index contributed by atoms with van der Waals surface area (Å²) >= 11 is 0. The summed E-state index contributed by atoms with van der Waals surface area (Å²) in [5.41, 5.74) is -0.0284. The van der Waals surface area contributed by atoms with Crippen LogP contribution in [-0.4, -0.2) is 30.3 Å². The average Bonchev–Trinajstić information content (AvgIpc) is 2.34. The van der Waals surface area contributed by atoms with Gasteiger partial charge in [-0.15, -0.1) is 0 Å². The van der Waals surface area contributed by atoms with Crippen molar-refractivity contribution >= 4 is 17.4 Å². The third kappa shape index (κ3) is 3.27. The minimum atomic E-state index is -0.601. The smallest absolute Gasteiger partial charge is 0.310 e. The van der Waals surface area contributed by atoms with Gasteiger partial charge in [-0.25, -0.2) is 0 Å². The van der Waals surface area contributed by atoms with Crippen LogP contribution in [0.4, 0.5) is 5.69 Å². The summed E-state index contributed by atoms with van der Waals surface area (Å²) in [6, 6.07) is 3.74. The van der Waals surface area contributed by atoms with Gasteiger partial charge in [-0.3, -0.25) is 19.7 Å². The number of benzene rings is 1. The zero-order valence-electron chi connectivity index (χ0n) is 9.93. The molecule has 0 bridgehead atoms. The lowest BCUT2D eigenvalue weighted by Crippen LogP contribution is -2.28. The number of carbonyl (C=O) groups is 2. The van der Waals surface area contributed by atoms with Gasteiger partial charge in [0, 0.05) is 17.7 Å². The molecular formula is C11H12N2O5. The monoisotopic (exact) mass is 252 g/mol. The largest absolute Gasteiger partial charge is 0.490 e. The van der Waals surface area contributed by atoms with E-state index in [2.05, 4.69) is 5.32 Å². The number of hydrogen-bond acceptors (Lipinski definition) is 5. The molecule has 0 fully saturated rings. The molecule has 0 unspecified atom stereocenters. The first-order valence-corrected chi connectivity index (χ1v) is 5.05. The topological polar surface area (TPSA) is 98.5 Å². The number of carbonyl (C=O) groups excluding carboxylic acids is 2. The third-order valence-corrected chi connectivity index (χ3v) is 2.14. The summed E-state index contributed by atoms with van der Waals surface area (Å²) in [6.07, 6.45) is 0. The Morgan fingerprint density at radius 1 is 1.44 bits per heavy atom. The second kappa shape index (κ2) is 5.76. The van der Waals surface area contributed by atoms with Gasteiger partial charge in [0.15, 0.2) is 5.75 Å². The second-order valence-electron chi connectivity index (χ2n) is 3.53. The first kappa shape index (κ1) is 13.6. The van der Waals surface area contributed by atoms with Gasteiger partial charge < -0.3 is 10.1 Å². The molecule has 0 aliphatic carbocycles. The van der Waals surface area contributed by atoms with Gasteiger partial charge in [0.2, 0.25) is 0 Å². The highest BCUT2D eigenvalue weighted by atomic mass is 16.6. The highest BCUT2D eigenvalue weighted by Crippen LogP contribution is 2.27. The van der Waals surface area contributed by atoms with Crippen molar-refractivity contribution in [1.82, 2.24) is 5.32 Å². The maximum absolute atomic E-state index is 11.6. The number of ketones is 1. The van der Waals surface area contributed by atoms with Crippen LogP contribution < -0.4 is 10.1 Å². The Morgan fingerprint density at radius 3 is 2.61 bits per heavy atom. The number of Topliss-reactive ketones (excluding diaryl/α,β-unsaturated/α-hetero) is 1. The zero-order chi connectivity index (χ0) is 13.7. The number of nitro benzene ring substituents is 1. The molecule has 0 aromatic heterocycles. The Hall–Kier alpha value is -2.44. The molecule has 0 heterocycles. The van der Waals surface area contributed by atoms with Crippen LogP contribution in [0.25, 0.3) is 0 Å². The number of rotatable bonds is 5. The van der Waals surface area contributed by atoms with Gasteiger partial charge in [-0.2, -0.15) is 0 Å². The maximum Gasteiger partial charge on any atom is 0.310 e. The molecule has 0 radical (unpaired) electrons. The van der Waals surface area contributed by atoms with Gasteiger partial charge in [-0.05, 0) is 13.0 Å². The highest BCUT2D eigenvalue weighted by molar-refractivity contribution is 5.97. The number of nitro groups is 1. The quantitative estimate of drug-likeness (QED) is 0.620. The molecule has 0 atom stereocenters. The fourth-order valence-electron chi connectivity index (χ4n) is 1.28. The van der Waals surface area contributed by atoms with Gasteiger partial charge in [0.1, 0.15) is 5.78 Å². The molecule has 0 spiro atoms. The van der Waals surface area contributed by atoms with Crippen molar-refractivity contribution < 1.29 is 19.2 Å². The fourth-order valence-corrected chi connectivity index (χ4v) is 1.28. The van der Waals surface area contributed by atoms with Crippen LogP contribution in [0.5, 0.6) is 5.75 Å². The van der Waals surface area contributed by atoms with E-state index < -0.39 is 10.8 Å². The molecule has 1 rings (SSSR count). The maximum atomic E-state index is 11.6. The lowest BCUT2D eigenvalue weighted by molar-refractivity contribution is -0.385. The second-order valence-corrected chi connectivity index (χ2v) is 3.53. The molecule has 0 saturated heterocycles. The predicted molar refractivity (Wildman–Crippen MR) is 62.7 cm³/mol. The van der Waals surface area contributed by atoms with Gasteiger partial charge in [0.05, 0.1) is 18.6 Å². The molecule has 18 heavy (non-hydrogen) atoms. The molecule has 1 aromatic carbocycles. The van der Waals surface area contributed by atoms with Crippen molar-refractivity contribution in [3.63, 3.8) is 0 Å². The molecule has 96 valence electrons. The Bertz CT molecular complexity index is 498. The standard InChI is InChI=1S/C11H12N2O5/c1-7(14)6-12-11(15)8-3-4-9(13(16)17)10(5-8)18-2/h3-5H,6H2,1-2H3,(H,12,15). The summed E-state index contributed by atoms with van der Waals surface area (Å²) in [5.74, 6) is -0.675.